The van der Waals surface area contributed by atoms with Crippen LogP contribution in [0.2, 0.25) is 0 Å². The van der Waals surface area contributed by atoms with Crippen molar-refractivity contribution < 1.29 is 18.0 Å². The van der Waals surface area contributed by atoms with E-state index in [1.54, 1.807) is 0 Å². The van der Waals surface area contributed by atoms with Crippen LogP contribution in [0.3, 0.4) is 0 Å². The summed E-state index contributed by atoms with van der Waals surface area (Å²) in [5, 5.41) is 2.77. The van der Waals surface area contributed by atoms with Gasteiger partial charge in [0, 0.05) is 19.3 Å². The molecule has 0 atom stereocenters. The van der Waals surface area contributed by atoms with Gasteiger partial charge in [-0.3, -0.25) is 16.3 Å². The number of ketones is 1. The van der Waals surface area contributed by atoms with Crippen molar-refractivity contribution in [2.45, 2.75) is 12.6 Å². The van der Waals surface area contributed by atoms with Crippen molar-refractivity contribution in [3.8, 4) is 0 Å². The molecular weight excluding hydrogens is 323 g/mol. The average molecular weight is 337 g/mol. The van der Waals surface area contributed by atoms with Crippen molar-refractivity contribution in [3.63, 3.8) is 0 Å². The normalized spacial score (nSPS) is 11.3. The number of nitrogens with zero attached hydrogens (tertiary/aromatic N) is 2. The zero-order valence-electron chi connectivity index (χ0n) is 12.4. The minimum absolute atomic E-state index is 0.107. The fourth-order valence-electron chi connectivity index (χ4n) is 1.98. The zero-order valence-corrected chi connectivity index (χ0v) is 12.4. The van der Waals surface area contributed by atoms with Gasteiger partial charge in [-0.05, 0) is 30.7 Å². The summed E-state index contributed by atoms with van der Waals surface area (Å²) in [5.41, 5.74) is 12.4. The molecule has 0 spiro atoms. The molecule has 126 valence electrons. The van der Waals surface area contributed by atoms with E-state index in [1.807, 2.05) is 0 Å². The quantitative estimate of drug-likeness (QED) is 0.646. The molecule has 0 fully saturated rings. The highest BCUT2D eigenvalue weighted by atomic mass is 19.4. The molecule has 2 rings (SSSR count). The van der Waals surface area contributed by atoms with Gasteiger partial charge < -0.3 is 5.32 Å². The van der Waals surface area contributed by atoms with Crippen molar-refractivity contribution in [3.05, 3.63) is 47.3 Å². The Morgan fingerprint density at radius 1 is 1.25 bits per heavy atom. The van der Waals surface area contributed by atoms with Crippen LogP contribution in [0.1, 0.15) is 28.0 Å². The Morgan fingerprint density at radius 3 is 2.62 bits per heavy atom. The largest absolute Gasteiger partial charge is 0.418 e. The predicted octanol–water partition coefficient (Wildman–Crippen LogP) is 2.73. The van der Waals surface area contributed by atoms with Gasteiger partial charge in [-0.15, -0.1) is 0 Å². The molecule has 9 heteroatoms. The van der Waals surface area contributed by atoms with E-state index in [4.69, 9.17) is 11.5 Å². The molecule has 2 aromatic heterocycles. The van der Waals surface area contributed by atoms with Crippen molar-refractivity contribution in [2.24, 2.45) is 0 Å². The lowest BCUT2D eigenvalue weighted by molar-refractivity contribution is -0.138. The maximum atomic E-state index is 13.2. The second-order valence-electron chi connectivity index (χ2n) is 4.85. The summed E-state index contributed by atoms with van der Waals surface area (Å²) in [6.07, 6.45) is -2.98. The van der Waals surface area contributed by atoms with E-state index in [1.165, 1.54) is 18.3 Å². The number of hydrogen-bond donors (Lipinski definition) is 1. The Labute approximate surface area is 136 Å². The Kier molecular flexibility index (Phi) is 5.35. The molecule has 0 saturated carbocycles. The molecule has 24 heavy (non-hydrogen) atoms. The maximum absolute atomic E-state index is 13.2. The molecule has 0 unspecified atom stereocenters. The number of aromatic nitrogens is 2. The molecule has 0 bridgehead atoms. The van der Waals surface area contributed by atoms with Gasteiger partial charge in [0.15, 0.2) is 5.82 Å². The Hall–Kier alpha value is -2.68. The zero-order chi connectivity index (χ0) is 17.7. The summed E-state index contributed by atoms with van der Waals surface area (Å²) in [6, 6.07) is 4.52. The standard InChI is InChI=1S/C15H14F3N5O/c16-15(17,18)10-4-5-11(21-8-2-6-19)23-12(10)13(24)9-3-1-7-22-14(9)20/h1,3-5,7,19-20H,2,6,8H2,(H,21,23). The van der Waals surface area contributed by atoms with Gasteiger partial charge in [0.25, 0.3) is 0 Å². The predicted molar refractivity (Wildman–Crippen MR) is 80.7 cm³/mol. The van der Waals surface area contributed by atoms with Crippen molar-refractivity contribution in [1.29, 1.82) is 0 Å². The van der Waals surface area contributed by atoms with Crippen molar-refractivity contribution >= 4 is 17.4 Å². The fraction of sp³-hybridized carbons (Fsp3) is 0.267. The number of halogens is 3. The lowest BCUT2D eigenvalue weighted by Crippen LogP contribution is -2.18. The molecule has 0 saturated heterocycles. The van der Waals surface area contributed by atoms with Crippen LogP contribution < -0.4 is 16.8 Å². The molecule has 0 aromatic carbocycles. The van der Waals surface area contributed by atoms with Gasteiger partial charge >= 0.3 is 6.18 Å². The number of hydrogen-bond acceptors (Lipinski definition) is 4. The minimum atomic E-state index is -4.75. The summed E-state index contributed by atoms with van der Waals surface area (Å²) >= 11 is 0. The third kappa shape index (κ3) is 3.99. The molecule has 2 heterocycles. The van der Waals surface area contributed by atoms with Crippen LogP contribution >= 0.6 is 0 Å². The van der Waals surface area contributed by atoms with Crippen LogP contribution in [0, 0.1) is 0 Å². The number of nitrogens with one attached hydrogen (secondary N) is 3. The van der Waals surface area contributed by atoms with Crippen molar-refractivity contribution in [1.82, 2.24) is 21.4 Å². The third-order valence-electron chi connectivity index (χ3n) is 3.13. The van der Waals surface area contributed by atoms with Gasteiger partial charge in [0.2, 0.25) is 5.78 Å². The van der Waals surface area contributed by atoms with E-state index in [2.05, 4.69) is 15.3 Å². The van der Waals surface area contributed by atoms with Gasteiger partial charge in [-0.1, -0.05) is 0 Å². The number of pyridine rings is 2. The molecule has 0 aliphatic carbocycles. The molecule has 0 aliphatic heterocycles. The summed E-state index contributed by atoms with van der Waals surface area (Å²) < 4.78 is 39.5. The Bertz CT molecular complexity index is 733. The smallest absolute Gasteiger partial charge is 0.370 e. The van der Waals surface area contributed by atoms with Crippen molar-refractivity contribution in [2.75, 3.05) is 18.4 Å². The Balaban J connectivity index is 2.46. The van der Waals surface area contributed by atoms with Crippen LogP contribution in [0.4, 0.5) is 24.8 Å². The topological polar surface area (TPSA) is 102 Å². The number of anilines is 1. The highest BCUT2D eigenvalue weighted by Gasteiger charge is 2.37. The van der Waals surface area contributed by atoms with E-state index in [-0.39, 0.29) is 17.9 Å². The summed E-state index contributed by atoms with van der Waals surface area (Å²) in [4.78, 5) is 19.8. The second-order valence-corrected chi connectivity index (χ2v) is 4.85. The molecule has 0 aliphatic rings. The molecule has 2 radical (unpaired) electrons. The molecular formula is C15H14F3N5O. The maximum Gasteiger partial charge on any atom is 0.418 e. The number of carbonyl (C=O) groups is 1. The first-order chi connectivity index (χ1) is 11.3. The highest BCUT2D eigenvalue weighted by Crippen LogP contribution is 2.33. The summed E-state index contributed by atoms with van der Waals surface area (Å²) in [7, 11) is 0. The van der Waals surface area contributed by atoms with Gasteiger partial charge in [-0.25, -0.2) is 9.97 Å². The van der Waals surface area contributed by atoms with E-state index in [9.17, 15) is 18.0 Å². The third-order valence-corrected chi connectivity index (χ3v) is 3.13. The van der Waals surface area contributed by atoms with E-state index >= 15 is 0 Å². The van der Waals surface area contributed by atoms with Crippen LogP contribution in [0.15, 0.2) is 30.5 Å². The van der Waals surface area contributed by atoms with Crippen LogP contribution in [-0.2, 0) is 6.18 Å². The SMILES string of the molecule is [NH]CCCNc1ccc(C(F)(F)F)c(C(=O)c2cccnc2[NH])n1. The first-order valence-electron chi connectivity index (χ1n) is 7.02. The number of rotatable bonds is 6. The molecule has 6 nitrogen and oxygen atoms in total. The number of carbonyl (C=O) groups excluding carboxylic acids is 1. The minimum Gasteiger partial charge on any atom is -0.370 e. The van der Waals surface area contributed by atoms with E-state index < -0.39 is 29.0 Å². The first-order valence-corrected chi connectivity index (χ1v) is 7.02. The highest BCUT2D eigenvalue weighted by molar-refractivity contribution is 6.11. The summed E-state index contributed by atoms with van der Waals surface area (Å²) in [6.45, 7) is 0.517. The van der Waals surface area contributed by atoms with E-state index in [0.29, 0.717) is 13.0 Å². The van der Waals surface area contributed by atoms with E-state index in [0.717, 1.165) is 12.1 Å². The second kappa shape index (κ2) is 7.26. The average Bonchev–Trinajstić information content (AvgIpc) is 2.54. The van der Waals surface area contributed by atoms with Crippen LogP contribution in [0.5, 0.6) is 0 Å². The number of alkyl halides is 3. The lowest BCUT2D eigenvalue weighted by Gasteiger charge is -2.14. The van der Waals surface area contributed by atoms with Crippen LogP contribution in [0.25, 0.3) is 0 Å². The lowest BCUT2D eigenvalue weighted by atomic mass is 10.0. The first kappa shape index (κ1) is 17.7. The van der Waals surface area contributed by atoms with Crippen LogP contribution in [-0.4, -0.2) is 28.8 Å². The molecule has 3 N–H and O–H groups in total. The van der Waals surface area contributed by atoms with Gasteiger partial charge in [0.1, 0.15) is 11.5 Å². The monoisotopic (exact) mass is 337 g/mol. The fourth-order valence-corrected chi connectivity index (χ4v) is 1.98. The molecule has 0 amide bonds. The van der Waals surface area contributed by atoms with Gasteiger partial charge in [0.05, 0.1) is 11.1 Å². The van der Waals surface area contributed by atoms with Gasteiger partial charge in [-0.2, -0.15) is 13.2 Å². The summed E-state index contributed by atoms with van der Waals surface area (Å²) in [5.74, 6) is -1.32. The Morgan fingerprint density at radius 2 is 2.00 bits per heavy atom. The molecule has 2 aromatic rings.